The fourth-order valence-corrected chi connectivity index (χ4v) is 3.62. The molecule has 0 aliphatic heterocycles. The molecule has 2 aromatic heterocycles. The number of thiazole rings is 1. The molecule has 0 spiro atoms. The Morgan fingerprint density at radius 2 is 2.38 bits per heavy atom. The molecule has 0 saturated carbocycles. The molecule has 0 aliphatic rings. The van der Waals surface area contributed by atoms with Crippen LogP contribution in [0.3, 0.4) is 0 Å². The highest BCUT2D eigenvalue weighted by Gasteiger charge is 2.14. The van der Waals surface area contributed by atoms with E-state index in [2.05, 4.69) is 31.1 Å². The van der Waals surface area contributed by atoms with Crippen LogP contribution >= 0.6 is 39.0 Å². The van der Waals surface area contributed by atoms with Gasteiger partial charge in [-0.1, -0.05) is 0 Å². The van der Waals surface area contributed by atoms with E-state index in [9.17, 15) is 4.79 Å². The van der Waals surface area contributed by atoms with E-state index in [4.69, 9.17) is 0 Å². The molecule has 2 rings (SSSR count). The lowest BCUT2D eigenvalue weighted by atomic mass is 10.4. The third-order valence-electron chi connectivity index (χ3n) is 1.82. The number of hydrogen-bond donors (Lipinski definition) is 1. The second-order valence-corrected chi connectivity index (χ2v) is 6.20. The second kappa shape index (κ2) is 4.72. The van der Waals surface area contributed by atoms with Crippen molar-refractivity contribution < 1.29 is 0 Å². The van der Waals surface area contributed by atoms with Crippen LogP contribution in [0, 0.1) is 0 Å². The Kier molecular flexibility index (Phi) is 3.50. The SMILES string of the molecule is CC(C)n1c(Sc2nc(Br)cs2)n[nH]c1=O. The first-order chi connectivity index (χ1) is 7.58. The monoisotopic (exact) mass is 320 g/mol. The van der Waals surface area contributed by atoms with E-state index in [1.165, 1.54) is 23.1 Å². The Labute approximate surface area is 108 Å². The summed E-state index contributed by atoms with van der Waals surface area (Å²) in [6.45, 7) is 3.89. The Bertz CT molecular complexity index is 544. The standard InChI is InChI=1S/C8H9BrN4OS2/c1-4(2)13-6(14)11-12-7(13)16-8-10-5(9)3-15-8/h3-4H,1-2H3,(H,11,14). The van der Waals surface area contributed by atoms with Crippen LogP contribution in [-0.2, 0) is 0 Å². The third-order valence-corrected chi connectivity index (χ3v) is 4.44. The van der Waals surface area contributed by atoms with Crippen molar-refractivity contribution in [3.05, 3.63) is 20.5 Å². The fourth-order valence-electron chi connectivity index (χ4n) is 1.18. The molecule has 0 unspecified atom stereocenters. The van der Waals surface area contributed by atoms with Crippen molar-refractivity contribution in [1.29, 1.82) is 0 Å². The van der Waals surface area contributed by atoms with Gasteiger partial charge in [-0.3, -0.25) is 4.57 Å². The molecule has 2 aromatic rings. The van der Waals surface area contributed by atoms with Gasteiger partial charge in [0.25, 0.3) is 0 Å². The maximum absolute atomic E-state index is 11.5. The van der Waals surface area contributed by atoms with Crippen molar-refractivity contribution in [2.75, 3.05) is 0 Å². The summed E-state index contributed by atoms with van der Waals surface area (Å²) in [4.78, 5) is 15.7. The predicted molar refractivity (Wildman–Crippen MR) is 67.2 cm³/mol. The van der Waals surface area contributed by atoms with Crippen LogP contribution < -0.4 is 5.69 Å². The van der Waals surface area contributed by atoms with Crippen LogP contribution in [0.1, 0.15) is 19.9 Å². The highest BCUT2D eigenvalue weighted by molar-refractivity contribution is 9.10. The third kappa shape index (κ3) is 2.38. The first-order valence-electron chi connectivity index (χ1n) is 4.53. The van der Waals surface area contributed by atoms with Gasteiger partial charge < -0.3 is 0 Å². The van der Waals surface area contributed by atoms with Gasteiger partial charge in [-0.05, 0) is 41.5 Å². The lowest BCUT2D eigenvalue weighted by molar-refractivity contribution is 0.534. The average Bonchev–Trinajstić information content (AvgIpc) is 2.74. The molecule has 0 saturated heterocycles. The molecule has 0 aliphatic carbocycles. The Balaban J connectivity index is 2.31. The minimum atomic E-state index is -0.187. The number of nitrogens with zero attached hydrogens (tertiary/aromatic N) is 3. The molecule has 5 nitrogen and oxygen atoms in total. The molecule has 8 heteroatoms. The summed E-state index contributed by atoms with van der Waals surface area (Å²) < 4.78 is 3.27. The van der Waals surface area contributed by atoms with E-state index < -0.39 is 0 Å². The molecule has 86 valence electrons. The van der Waals surface area contributed by atoms with Crippen molar-refractivity contribution in [1.82, 2.24) is 19.7 Å². The van der Waals surface area contributed by atoms with E-state index in [-0.39, 0.29) is 11.7 Å². The Hall–Kier alpha value is -0.600. The van der Waals surface area contributed by atoms with Crippen molar-refractivity contribution in [2.45, 2.75) is 29.4 Å². The molecule has 0 amide bonds. The minimum absolute atomic E-state index is 0.0807. The van der Waals surface area contributed by atoms with Crippen LogP contribution in [0.2, 0.25) is 0 Å². The van der Waals surface area contributed by atoms with Gasteiger partial charge in [-0.25, -0.2) is 14.9 Å². The van der Waals surface area contributed by atoms with Crippen LogP contribution in [0.5, 0.6) is 0 Å². The normalized spacial score (nSPS) is 11.2. The van der Waals surface area contributed by atoms with Gasteiger partial charge in [-0.15, -0.1) is 16.4 Å². The molecule has 2 heterocycles. The summed E-state index contributed by atoms with van der Waals surface area (Å²) in [5.74, 6) is 0. The van der Waals surface area contributed by atoms with E-state index in [0.29, 0.717) is 5.16 Å². The van der Waals surface area contributed by atoms with Gasteiger partial charge in [0.15, 0.2) is 9.50 Å². The molecule has 0 bridgehead atoms. The smallest absolute Gasteiger partial charge is 0.267 e. The van der Waals surface area contributed by atoms with Crippen LogP contribution in [-0.4, -0.2) is 19.7 Å². The number of nitrogens with one attached hydrogen (secondary N) is 1. The lowest BCUT2D eigenvalue weighted by Crippen LogP contribution is -2.19. The first-order valence-corrected chi connectivity index (χ1v) is 7.02. The fraction of sp³-hybridized carbons (Fsp3) is 0.375. The second-order valence-electron chi connectivity index (χ2n) is 3.31. The summed E-state index contributed by atoms with van der Waals surface area (Å²) in [7, 11) is 0. The number of rotatable bonds is 3. The summed E-state index contributed by atoms with van der Waals surface area (Å²) >= 11 is 6.18. The molecule has 0 atom stereocenters. The molecule has 0 aromatic carbocycles. The van der Waals surface area contributed by atoms with Crippen LogP contribution in [0.25, 0.3) is 0 Å². The molecular formula is C8H9BrN4OS2. The van der Waals surface area contributed by atoms with Crippen molar-refractivity contribution in [2.24, 2.45) is 0 Å². The number of halogens is 1. The zero-order valence-corrected chi connectivity index (χ0v) is 11.8. The number of aromatic nitrogens is 4. The highest BCUT2D eigenvalue weighted by atomic mass is 79.9. The number of hydrogen-bond acceptors (Lipinski definition) is 5. The number of aromatic amines is 1. The maximum Gasteiger partial charge on any atom is 0.344 e. The molecule has 1 N–H and O–H groups in total. The van der Waals surface area contributed by atoms with E-state index in [1.807, 2.05) is 19.2 Å². The first kappa shape index (κ1) is 11.9. The van der Waals surface area contributed by atoms with Crippen LogP contribution in [0.4, 0.5) is 0 Å². The topological polar surface area (TPSA) is 63.6 Å². The quantitative estimate of drug-likeness (QED) is 0.943. The molecule has 16 heavy (non-hydrogen) atoms. The van der Waals surface area contributed by atoms with Gasteiger partial charge in [0.1, 0.15) is 4.60 Å². The largest absolute Gasteiger partial charge is 0.344 e. The highest BCUT2D eigenvalue weighted by Crippen LogP contribution is 2.30. The zero-order chi connectivity index (χ0) is 11.7. The molecule has 0 radical (unpaired) electrons. The van der Waals surface area contributed by atoms with Gasteiger partial charge >= 0.3 is 5.69 Å². The Morgan fingerprint density at radius 1 is 1.62 bits per heavy atom. The van der Waals surface area contributed by atoms with Crippen LogP contribution in [0.15, 0.2) is 24.3 Å². The minimum Gasteiger partial charge on any atom is -0.267 e. The lowest BCUT2D eigenvalue weighted by Gasteiger charge is -2.06. The van der Waals surface area contributed by atoms with Crippen molar-refractivity contribution in [3.63, 3.8) is 0 Å². The summed E-state index contributed by atoms with van der Waals surface area (Å²) in [5, 5.41) is 8.96. The zero-order valence-electron chi connectivity index (χ0n) is 8.60. The van der Waals surface area contributed by atoms with E-state index in [1.54, 1.807) is 4.57 Å². The van der Waals surface area contributed by atoms with Gasteiger partial charge in [0, 0.05) is 11.4 Å². The predicted octanol–water partition coefficient (Wildman–Crippen LogP) is 2.52. The molecule has 0 fully saturated rings. The van der Waals surface area contributed by atoms with Crippen molar-refractivity contribution >= 4 is 39.0 Å². The van der Waals surface area contributed by atoms with Gasteiger partial charge in [0.05, 0.1) is 0 Å². The van der Waals surface area contributed by atoms with E-state index in [0.717, 1.165) is 8.94 Å². The average molecular weight is 321 g/mol. The van der Waals surface area contributed by atoms with Gasteiger partial charge in [-0.2, -0.15) is 0 Å². The summed E-state index contributed by atoms with van der Waals surface area (Å²) in [6.07, 6.45) is 0. The summed E-state index contributed by atoms with van der Waals surface area (Å²) in [6, 6.07) is 0.0807. The number of H-pyrrole nitrogens is 1. The Morgan fingerprint density at radius 3 is 2.94 bits per heavy atom. The maximum atomic E-state index is 11.5. The van der Waals surface area contributed by atoms with Crippen molar-refractivity contribution in [3.8, 4) is 0 Å². The summed E-state index contributed by atoms with van der Waals surface area (Å²) in [5.41, 5.74) is -0.187. The van der Waals surface area contributed by atoms with Gasteiger partial charge in [0.2, 0.25) is 0 Å². The van der Waals surface area contributed by atoms with E-state index >= 15 is 0 Å². The molecular weight excluding hydrogens is 312 g/mol.